The van der Waals surface area contributed by atoms with E-state index in [2.05, 4.69) is 0 Å². The van der Waals surface area contributed by atoms with Crippen LogP contribution in [0, 0.1) is 11.8 Å². The van der Waals surface area contributed by atoms with Crippen molar-refractivity contribution >= 4 is 5.78 Å². The van der Waals surface area contributed by atoms with Gasteiger partial charge in [0.1, 0.15) is 0 Å². The fourth-order valence-electron chi connectivity index (χ4n) is 1.91. The van der Waals surface area contributed by atoms with Crippen LogP contribution < -0.4 is 0 Å². The molecule has 0 aromatic carbocycles. The van der Waals surface area contributed by atoms with Gasteiger partial charge in [0, 0.05) is 5.92 Å². The Balaban J connectivity index is 2.01. The molecule has 0 N–H and O–H groups in total. The topological polar surface area (TPSA) is 17.1 Å². The van der Waals surface area contributed by atoms with Gasteiger partial charge in [0.05, 0.1) is 0 Å². The Morgan fingerprint density at radius 1 is 1.36 bits per heavy atom. The summed E-state index contributed by atoms with van der Waals surface area (Å²) in [5.41, 5.74) is 0. The first kappa shape index (κ1) is 7.08. The fourth-order valence-corrected chi connectivity index (χ4v) is 1.91. The van der Waals surface area contributed by atoms with Crippen molar-refractivity contribution < 1.29 is 4.79 Å². The minimum absolute atomic E-state index is 0.386. The highest BCUT2D eigenvalue weighted by Crippen LogP contribution is 2.43. The van der Waals surface area contributed by atoms with Crippen molar-refractivity contribution in [3.8, 4) is 0 Å². The molecule has 11 heavy (non-hydrogen) atoms. The third kappa shape index (κ3) is 1.52. The summed E-state index contributed by atoms with van der Waals surface area (Å²) in [5, 5.41) is 0. The summed E-state index contributed by atoms with van der Waals surface area (Å²) in [6.07, 6.45) is 10.00. The van der Waals surface area contributed by atoms with Crippen molar-refractivity contribution in [3.63, 3.8) is 0 Å². The maximum absolute atomic E-state index is 11.3. The maximum Gasteiger partial charge on any atom is 0.158 e. The van der Waals surface area contributed by atoms with Crippen LogP contribution in [0.2, 0.25) is 0 Å². The van der Waals surface area contributed by atoms with E-state index in [-0.39, 0.29) is 0 Å². The lowest BCUT2D eigenvalue weighted by Crippen LogP contribution is -1.96. The molecule has 1 fully saturated rings. The Kier molecular flexibility index (Phi) is 1.80. The van der Waals surface area contributed by atoms with E-state index < -0.39 is 0 Å². The maximum atomic E-state index is 11.3. The molecule has 0 bridgehead atoms. The summed E-state index contributed by atoms with van der Waals surface area (Å²) >= 11 is 0. The van der Waals surface area contributed by atoms with E-state index in [1.54, 1.807) is 6.08 Å². The number of ketones is 1. The molecule has 2 atom stereocenters. The van der Waals surface area contributed by atoms with Gasteiger partial charge in [-0.1, -0.05) is 12.5 Å². The molecule has 1 saturated carbocycles. The predicted octanol–water partition coefficient (Wildman–Crippen LogP) is 2.32. The molecule has 0 spiro atoms. The summed E-state index contributed by atoms with van der Waals surface area (Å²) in [6, 6.07) is 0. The monoisotopic (exact) mass is 150 g/mol. The lowest BCUT2D eigenvalue weighted by molar-refractivity contribution is -0.116. The molecule has 2 aliphatic rings. The van der Waals surface area contributed by atoms with E-state index in [0.717, 1.165) is 12.3 Å². The number of carbonyl (C=O) groups excluding carboxylic acids is 1. The van der Waals surface area contributed by atoms with Crippen molar-refractivity contribution in [1.29, 1.82) is 0 Å². The molecule has 0 radical (unpaired) electrons. The SMILES string of the molecule is O=C1/C=C\CCCC[C@@H]2C[C@@H]12. The van der Waals surface area contributed by atoms with Gasteiger partial charge in [-0.3, -0.25) is 4.79 Å². The van der Waals surface area contributed by atoms with Crippen LogP contribution in [-0.2, 0) is 4.79 Å². The first-order chi connectivity index (χ1) is 5.38. The van der Waals surface area contributed by atoms with Crippen LogP contribution in [0.4, 0.5) is 0 Å². The molecule has 0 heterocycles. The molecule has 0 aromatic heterocycles. The van der Waals surface area contributed by atoms with Crippen LogP contribution in [0.25, 0.3) is 0 Å². The molecule has 1 heteroatoms. The van der Waals surface area contributed by atoms with E-state index in [9.17, 15) is 4.79 Å². The van der Waals surface area contributed by atoms with Crippen molar-refractivity contribution in [2.75, 3.05) is 0 Å². The number of hydrogen-bond donors (Lipinski definition) is 0. The van der Waals surface area contributed by atoms with Gasteiger partial charge in [0.25, 0.3) is 0 Å². The zero-order valence-corrected chi connectivity index (χ0v) is 6.75. The highest BCUT2D eigenvalue weighted by atomic mass is 16.1. The van der Waals surface area contributed by atoms with Gasteiger partial charge in [-0.2, -0.15) is 0 Å². The second-order valence-corrected chi connectivity index (χ2v) is 3.69. The van der Waals surface area contributed by atoms with Crippen LogP contribution in [0.15, 0.2) is 12.2 Å². The van der Waals surface area contributed by atoms with Gasteiger partial charge >= 0.3 is 0 Å². The van der Waals surface area contributed by atoms with E-state index in [4.69, 9.17) is 0 Å². The van der Waals surface area contributed by atoms with Gasteiger partial charge < -0.3 is 0 Å². The number of fused-ring (bicyclic) bond motifs is 1. The van der Waals surface area contributed by atoms with Gasteiger partial charge in [-0.05, 0) is 37.7 Å². The molecule has 2 aliphatic carbocycles. The average Bonchev–Trinajstić information content (AvgIpc) is 2.74. The lowest BCUT2D eigenvalue weighted by atomic mass is 10.1. The third-order valence-corrected chi connectivity index (χ3v) is 2.77. The van der Waals surface area contributed by atoms with Gasteiger partial charge in [0.2, 0.25) is 0 Å². The minimum Gasteiger partial charge on any atom is -0.295 e. The van der Waals surface area contributed by atoms with Crippen molar-refractivity contribution in [2.45, 2.75) is 32.1 Å². The number of hydrogen-bond acceptors (Lipinski definition) is 1. The second kappa shape index (κ2) is 2.80. The highest BCUT2D eigenvalue weighted by Gasteiger charge is 2.40. The largest absolute Gasteiger partial charge is 0.295 e. The van der Waals surface area contributed by atoms with Gasteiger partial charge in [0.15, 0.2) is 5.78 Å². The van der Waals surface area contributed by atoms with Crippen molar-refractivity contribution in [1.82, 2.24) is 0 Å². The highest BCUT2D eigenvalue weighted by molar-refractivity contribution is 5.93. The van der Waals surface area contributed by atoms with Crippen LogP contribution in [0.1, 0.15) is 32.1 Å². The van der Waals surface area contributed by atoms with Crippen molar-refractivity contribution in [2.24, 2.45) is 11.8 Å². The summed E-state index contributed by atoms with van der Waals surface area (Å²) in [6.45, 7) is 0. The van der Waals surface area contributed by atoms with Crippen LogP contribution in [0.5, 0.6) is 0 Å². The smallest absolute Gasteiger partial charge is 0.158 e. The molecule has 60 valence electrons. The van der Waals surface area contributed by atoms with Gasteiger partial charge in [-0.25, -0.2) is 0 Å². The predicted molar refractivity (Wildman–Crippen MR) is 44.2 cm³/mol. The van der Waals surface area contributed by atoms with Crippen LogP contribution in [0.3, 0.4) is 0 Å². The first-order valence-corrected chi connectivity index (χ1v) is 4.58. The Bertz CT molecular complexity index is 193. The van der Waals surface area contributed by atoms with Crippen LogP contribution in [-0.4, -0.2) is 5.78 Å². The molecule has 0 amide bonds. The number of rotatable bonds is 0. The first-order valence-electron chi connectivity index (χ1n) is 4.58. The molecule has 0 aliphatic heterocycles. The Morgan fingerprint density at radius 3 is 3.18 bits per heavy atom. The van der Waals surface area contributed by atoms with Crippen LogP contribution >= 0.6 is 0 Å². The van der Waals surface area contributed by atoms with E-state index in [1.165, 1.54) is 25.7 Å². The number of carbonyl (C=O) groups is 1. The Morgan fingerprint density at radius 2 is 2.27 bits per heavy atom. The normalized spacial score (nSPS) is 39.8. The van der Waals surface area contributed by atoms with E-state index in [1.807, 2.05) is 6.08 Å². The summed E-state index contributed by atoms with van der Waals surface area (Å²) in [7, 11) is 0. The molecular weight excluding hydrogens is 136 g/mol. The Hall–Kier alpha value is -0.590. The molecule has 0 unspecified atom stereocenters. The summed E-state index contributed by atoms with van der Waals surface area (Å²) in [5.74, 6) is 1.56. The minimum atomic E-state index is 0.386. The second-order valence-electron chi connectivity index (χ2n) is 3.69. The average molecular weight is 150 g/mol. The quantitative estimate of drug-likeness (QED) is 0.518. The number of allylic oxidation sites excluding steroid dienone is 2. The van der Waals surface area contributed by atoms with E-state index in [0.29, 0.717) is 11.7 Å². The van der Waals surface area contributed by atoms with E-state index >= 15 is 0 Å². The molecule has 0 aromatic rings. The zero-order valence-electron chi connectivity index (χ0n) is 6.75. The zero-order chi connectivity index (χ0) is 7.68. The van der Waals surface area contributed by atoms with Gasteiger partial charge in [-0.15, -0.1) is 0 Å². The standard InChI is InChI=1S/C10H14O/c11-10-6-4-2-1-3-5-8-7-9(8)10/h4,6,8-9H,1-3,5,7H2/b6-4-/t8-,9-/m1/s1. The summed E-state index contributed by atoms with van der Waals surface area (Å²) in [4.78, 5) is 11.3. The molecule has 0 saturated heterocycles. The fraction of sp³-hybridized carbons (Fsp3) is 0.700. The lowest BCUT2D eigenvalue weighted by Gasteiger charge is -1.93. The summed E-state index contributed by atoms with van der Waals surface area (Å²) < 4.78 is 0. The molecule has 2 rings (SSSR count). The third-order valence-electron chi connectivity index (χ3n) is 2.77. The molecular formula is C10H14O. The molecule has 1 nitrogen and oxygen atoms in total. The Labute approximate surface area is 67.5 Å². The van der Waals surface area contributed by atoms with Crippen molar-refractivity contribution in [3.05, 3.63) is 12.2 Å².